The molecule has 0 heterocycles. The molecule has 0 fully saturated rings. The van der Waals surface area contributed by atoms with Crippen molar-refractivity contribution >= 4 is 16.1 Å². The molecule has 2 aromatic carbocycles. The molecule has 2 aromatic rings. The van der Waals surface area contributed by atoms with Gasteiger partial charge in [0.2, 0.25) is 10.0 Å². The summed E-state index contributed by atoms with van der Waals surface area (Å²) in [7, 11) is 0.217. The lowest BCUT2D eigenvalue weighted by molar-refractivity contribution is 0.232. The van der Waals surface area contributed by atoms with E-state index in [9.17, 15) is 13.2 Å². The normalized spacial score (nSPS) is 12.6. The van der Waals surface area contributed by atoms with Gasteiger partial charge in [-0.15, -0.1) is 0 Å². The number of nitrogens with one attached hydrogen (secondary N) is 2. The standard InChI is InChI=1S/C18H24N4O3S/c1-22(2)17(15-6-4-3-5-7-15)13-21-18(23)20-12-14-8-10-16(11-9-14)26(19,24)25/h3-11,17H,12-13H2,1-2H3,(H2,19,24,25)(H2,20,21,23). The van der Waals surface area contributed by atoms with Gasteiger partial charge in [-0.2, -0.15) is 0 Å². The number of nitrogens with two attached hydrogens (primary N) is 1. The highest BCUT2D eigenvalue weighted by Gasteiger charge is 2.14. The number of hydrogen-bond acceptors (Lipinski definition) is 4. The highest BCUT2D eigenvalue weighted by molar-refractivity contribution is 7.89. The van der Waals surface area contributed by atoms with E-state index in [1.54, 1.807) is 12.1 Å². The van der Waals surface area contributed by atoms with Crippen molar-refractivity contribution in [3.63, 3.8) is 0 Å². The molecule has 8 heteroatoms. The molecule has 0 bridgehead atoms. The van der Waals surface area contributed by atoms with Crippen LogP contribution in [0.5, 0.6) is 0 Å². The number of primary sulfonamides is 1. The average Bonchev–Trinajstić information content (AvgIpc) is 2.60. The number of sulfonamides is 1. The Kier molecular flexibility index (Phi) is 6.73. The maximum atomic E-state index is 12.0. The summed E-state index contributed by atoms with van der Waals surface area (Å²) in [5.74, 6) is 0. The molecule has 2 rings (SSSR count). The van der Waals surface area contributed by atoms with Crippen LogP contribution in [0.2, 0.25) is 0 Å². The Labute approximate surface area is 154 Å². The van der Waals surface area contributed by atoms with Crippen LogP contribution in [0.15, 0.2) is 59.5 Å². The highest BCUT2D eigenvalue weighted by Crippen LogP contribution is 2.16. The molecule has 140 valence electrons. The van der Waals surface area contributed by atoms with Crippen LogP contribution in [-0.2, 0) is 16.6 Å². The zero-order valence-corrected chi connectivity index (χ0v) is 15.7. The molecule has 7 nitrogen and oxygen atoms in total. The number of carbonyl (C=O) groups is 1. The Bertz CT molecular complexity index is 821. The third-order valence-corrected chi connectivity index (χ3v) is 4.90. The van der Waals surface area contributed by atoms with Gasteiger partial charge >= 0.3 is 6.03 Å². The summed E-state index contributed by atoms with van der Waals surface area (Å²) in [5.41, 5.74) is 1.90. The first-order chi connectivity index (χ1) is 12.3. The van der Waals surface area contributed by atoms with E-state index in [0.717, 1.165) is 11.1 Å². The third-order valence-electron chi connectivity index (χ3n) is 3.97. The number of nitrogens with zero attached hydrogens (tertiary/aromatic N) is 1. The van der Waals surface area contributed by atoms with Gasteiger partial charge in [-0.1, -0.05) is 42.5 Å². The largest absolute Gasteiger partial charge is 0.336 e. The fourth-order valence-corrected chi connectivity index (χ4v) is 3.02. The molecule has 0 aliphatic carbocycles. The molecular weight excluding hydrogens is 352 g/mol. The number of likely N-dealkylation sites (N-methyl/N-ethyl adjacent to an activating group) is 1. The van der Waals surface area contributed by atoms with Crippen molar-refractivity contribution in [2.75, 3.05) is 20.6 Å². The summed E-state index contributed by atoms with van der Waals surface area (Å²) in [6.07, 6.45) is 0. The summed E-state index contributed by atoms with van der Waals surface area (Å²) < 4.78 is 22.5. The van der Waals surface area contributed by atoms with Crippen molar-refractivity contribution in [3.8, 4) is 0 Å². The SMILES string of the molecule is CN(C)C(CNC(=O)NCc1ccc(S(N)(=O)=O)cc1)c1ccccc1. The highest BCUT2D eigenvalue weighted by atomic mass is 32.2. The van der Waals surface area contributed by atoms with E-state index in [1.165, 1.54) is 12.1 Å². The first-order valence-electron chi connectivity index (χ1n) is 8.12. The van der Waals surface area contributed by atoms with Gasteiger partial charge in [0.25, 0.3) is 0 Å². The Morgan fingerprint density at radius 1 is 1.04 bits per heavy atom. The minimum Gasteiger partial charge on any atom is -0.336 e. The zero-order chi connectivity index (χ0) is 19.2. The lowest BCUT2D eigenvalue weighted by Gasteiger charge is -2.25. The van der Waals surface area contributed by atoms with E-state index in [4.69, 9.17) is 5.14 Å². The smallest absolute Gasteiger partial charge is 0.315 e. The maximum absolute atomic E-state index is 12.0. The second-order valence-electron chi connectivity index (χ2n) is 6.14. The topological polar surface area (TPSA) is 105 Å². The van der Waals surface area contributed by atoms with Crippen LogP contribution in [0, 0.1) is 0 Å². The van der Waals surface area contributed by atoms with Gasteiger partial charge in [0.1, 0.15) is 0 Å². The molecule has 0 aliphatic rings. The van der Waals surface area contributed by atoms with Gasteiger partial charge in [-0.05, 0) is 37.4 Å². The molecule has 0 radical (unpaired) electrons. The first-order valence-corrected chi connectivity index (χ1v) is 9.67. The van der Waals surface area contributed by atoms with E-state index < -0.39 is 10.0 Å². The van der Waals surface area contributed by atoms with E-state index in [1.807, 2.05) is 49.3 Å². The van der Waals surface area contributed by atoms with Crippen molar-refractivity contribution in [3.05, 3.63) is 65.7 Å². The summed E-state index contributed by atoms with van der Waals surface area (Å²) in [4.78, 5) is 14.1. The van der Waals surface area contributed by atoms with Crippen molar-refractivity contribution < 1.29 is 13.2 Å². The maximum Gasteiger partial charge on any atom is 0.315 e. The molecule has 0 saturated carbocycles. The Balaban J connectivity index is 1.86. The average molecular weight is 376 g/mol. The molecule has 0 saturated heterocycles. The Hall–Kier alpha value is -2.42. The number of urea groups is 1. The van der Waals surface area contributed by atoms with Gasteiger partial charge in [0, 0.05) is 13.1 Å². The minimum atomic E-state index is -3.71. The zero-order valence-electron chi connectivity index (χ0n) is 14.8. The second kappa shape index (κ2) is 8.79. The molecule has 2 amide bonds. The van der Waals surface area contributed by atoms with Gasteiger partial charge in [-0.3, -0.25) is 0 Å². The van der Waals surface area contributed by atoms with Crippen molar-refractivity contribution in [2.45, 2.75) is 17.5 Å². The van der Waals surface area contributed by atoms with Gasteiger partial charge in [0.05, 0.1) is 10.9 Å². The van der Waals surface area contributed by atoms with Crippen molar-refractivity contribution in [1.82, 2.24) is 15.5 Å². The molecule has 0 spiro atoms. The predicted molar refractivity (Wildman–Crippen MR) is 101 cm³/mol. The molecule has 0 aliphatic heterocycles. The van der Waals surface area contributed by atoms with E-state index >= 15 is 0 Å². The molecule has 26 heavy (non-hydrogen) atoms. The third kappa shape index (κ3) is 5.83. The molecule has 1 unspecified atom stereocenters. The number of amides is 2. The van der Waals surface area contributed by atoms with Crippen LogP contribution in [0.1, 0.15) is 17.2 Å². The van der Waals surface area contributed by atoms with Gasteiger partial charge < -0.3 is 15.5 Å². The van der Waals surface area contributed by atoms with Crippen LogP contribution in [0.25, 0.3) is 0 Å². The van der Waals surface area contributed by atoms with Crippen LogP contribution in [0.3, 0.4) is 0 Å². The predicted octanol–water partition coefficient (Wildman–Crippen LogP) is 1.44. The summed E-state index contributed by atoms with van der Waals surface area (Å²) in [5, 5.41) is 10.7. The first kappa shape index (κ1) is 19.9. The number of benzene rings is 2. The molecule has 1 atom stereocenters. The van der Waals surface area contributed by atoms with E-state index in [-0.39, 0.29) is 23.5 Å². The van der Waals surface area contributed by atoms with E-state index in [0.29, 0.717) is 6.54 Å². The van der Waals surface area contributed by atoms with Crippen molar-refractivity contribution in [1.29, 1.82) is 0 Å². The lowest BCUT2D eigenvalue weighted by atomic mass is 10.1. The fraction of sp³-hybridized carbons (Fsp3) is 0.278. The fourth-order valence-electron chi connectivity index (χ4n) is 2.50. The summed E-state index contributed by atoms with van der Waals surface area (Å²) in [6.45, 7) is 0.752. The lowest BCUT2D eigenvalue weighted by Crippen LogP contribution is -2.40. The van der Waals surface area contributed by atoms with Crippen molar-refractivity contribution in [2.24, 2.45) is 5.14 Å². The van der Waals surface area contributed by atoms with Gasteiger partial charge in [0.15, 0.2) is 0 Å². The Morgan fingerprint density at radius 3 is 2.19 bits per heavy atom. The quantitative estimate of drug-likeness (QED) is 0.680. The summed E-state index contributed by atoms with van der Waals surface area (Å²) >= 11 is 0. The molecule has 0 aromatic heterocycles. The minimum absolute atomic E-state index is 0.0439. The number of rotatable bonds is 7. The monoisotopic (exact) mass is 376 g/mol. The van der Waals surface area contributed by atoms with Gasteiger partial charge in [-0.25, -0.2) is 18.4 Å². The Morgan fingerprint density at radius 2 is 1.65 bits per heavy atom. The number of hydrogen-bond donors (Lipinski definition) is 3. The molecule has 4 N–H and O–H groups in total. The van der Waals surface area contributed by atoms with Crippen LogP contribution < -0.4 is 15.8 Å². The summed E-state index contributed by atoms with van der Waals surface area (Å²) in [6, 6.07) is 15.8. The van der Waals surface area contributed by atoms with Crippen LogP contribution in [0.4, 0.5) is 4.79 Å². The molecular formula is C18H24N4O3S. The number of carbonyl (C=O) groups excluding carboxylic acids is 1. The van der Waals surface area contributed by atoms with E-state index in [2.05, 4.69) is 10.6 Å². The van der Waals surface area contributed by atoms with Crippen LogP contribution in [-0.4, -0.2) is 40.0 Å². The second-order valence-corrected chi connectivity index (χ2v) is 7.70. The van der Waals surface area contributed by atoms with Crippen LogP contribution >= 0.6 is 0 Å².